The molecule has 0 bridgehead atoms. The minimum absolute atomic E-state index is 0.0632. The molecule has 11 heteroatoms. The van der Waals surface area contributed by atoms with E-state index in [2.05, 4.69) is 5.32 Å². The summed E-state index contributed by atoms with van der Waals surface area (Å²) < 4.78 is 26.2. The van der Waals surface area contributed by atoms with Crippen LogP contribution in [-0.4, -0.2) is 59.2 Å². The van der Waals surface area contributed by atoms with Crippen LogP contribution in [0.4, 0.5) is 10.5 Å². The maximum atomic E-state index is 12.7. The monoisotopic (exact) mass is 359 g/mol. The number of hydrogen-bond donors (Lipinski definition) is 3. The van der Waals surface area contributed by atoms with Gasteiger partial charge in [0.15, 0.2) is 4.90 Å². The van der Waals surface area contributed by atoms with Gasteiger partial charge in [-0.3, -0.25) is 10.1 Å². The third kappa shape index (κ3) is 3.47. The number of nitro groups is 1. The van der Waals surface area contributed by atoms with Gasteiger partial charge < -0.3 is 15.5 Å². The highest BCUT2D eigenvalue weighted by Gasteiger charge is 2.42. The first kappa shape index (κ1) is 18.1. The number of amides is 1. The quantitative estimate of drug-likeness (QED) is 0.508. The predicted molar refractivity (Wildman–Crippen MR) is 82.0 cm³/mol. The van der Waals surface area contributed by atoms with Crippen LogP contribution < -0.4 is 5.32 Å². The maximum Gasteiger partial charge on any atom is 0.404 e. The van der Waals surface area contributed by atoms with E-state index in [4.69, 9.17) is 5.11 Å². The minimum Gasteiger partial charge on any atom is -0.465 e. The molecule has 10 nitrogen and oxygen atoms in total. The number of para-hydroxylation sites is 1. The van der Waals surface area contributed by atoms with Crippen LogP contribution in [0, 0.1) is 10.1 Å². The second-order valence-corrected chi connectivity index (χ2v) is 7.46. The molecule has 24 heavy (non-hydrogen) atoms. The molecule has 0 unspecified atom stereocenters. The molecule has 3 atom stereocenters. The predicted octanol–water partition coefficient (Wildman–Crippen LogP) is 0.375. The first-order valence-electron chi connectivity index (χ1n) is 7.03. The summed E-state index contributed by atoms with van der Waals surface area (Å²) in [6.07, 6.45) is -2.21. The fourth-order valence-corrected chi connectivity index (χ4v) is 4.39. The highest BCUT2D eigenvalue weighted by Crippen LogP contribution is 2.31. The van der Waals surface area contributed by atoms with Crippen molar-refractivity contribution in [2.45, 2.75) is 35.9 Å². The Balaban J connectivity index is 2.30. The summed E-state index contributed by atoms with van der Waals surface area (Å²) in [6.45, 7) is 0. The van der Waals surface area contributed by atoms with Gasteiger partial charge in [0.2, 0.25) is 10.0 Å². The molecule has 1 saturated carbocycles. The number of rotatable bonds is 5. The summed E-state index contributed by atoms with van der Waals surface area (Å²) in [7, 11) is -3.02. The Morgan fingerprint density at radius 2 is 2.00 bits per heavy atom. The molecule has 3 N–H and O–H groups in total. The van der Waals surface area contributed by atoms with Crippen molar-refractivity contribution in [1.29, 1.82) is 0 Å². The highest BCUT2D eigenvalue weighted by molar-refractivity contribution is 7.89. The number of carbonyl (C=O) groups is 1. The third-order valence-corrected chi connectivity index (χ3v) is 5.94. The number of sulfonamides is 1. The normalized spacial score (nSPS) is 24.0. The summed E-state index contributed by atoms with van der Waals surface area (Å²) in [4.78, 5) is 20.5. The largest absolute Gasteiger partial charge is 0.465 e. The van der Waals surface area contributed by atoms with Crippen molar-refractivity contribution in [1.82, 2.24) is 9.62 Å². The first-order chi connectivity index (χ1) is 11.1. The Morgan fingerprint density at radius 1 is 1.38 bits per heavy atom. The molecule has 2 rings (SSSR count). The van der Waals surface area contributed by atoms with Crippen LogP contribution in [0.1, 0.15) is 12.8 Å². The van der Waals surface area contributed by atoms with Gasteiger partial charge in [-0.15, -0.1) is 0 Å². The number of likely N-dealkylation sites (N-methyl/N-ethyl adjacent to an activating group) is 1. The van der Waals surface area contributed by atoms with Crippen molar-refractivity contribution in [3.05, 3.63) is 34.4 Å². The molecule has 0 heterocycles. The first-order valence-corrected chi connectivity index (χ1v) is 8.47. The van der Waals surface area contributed by atoms with E-state index >= 15 is 0 Å². The second-order valence-electron chi connectivity index (χ2n) is 5.50. The van der Waals surface area contributed by atoms with Crippen LogP contribution in [0.25, 0.3) is 0 Å². The van der Waals surface area contributed by atoms with Crippen molar-refractivity contribution in [3.8, 4) is 0 Å². The molecule has 132 valence electrons. The van der Waals surface area contributed by atoms with E-state index in [1.54, 1.807) is 0 Å². The molecular weight excluding hydrogens is 342 g/mol. The lowest BCUT2D eigenvalue weighted by Gasteiger charge is -2.26. The van der Waals surface area contributed by atoms with Crippen molar-refractivity contribution >= 4 is 21.8 Å². The van der Waals surface area contributed by atoms with E-state index in [1.807, 2.05) is 0 Å². The molecule has 0 spiro atoms. The van der Waals surface area contributed by atoms with E-state index in [9.17, 15) is 28.4 Å². The number of nitro benzene ring substituents is 1. The van der Waals surface area contributed by atoms with Crippen LogP contribution in [0.15, 0.2) is 29.2 Å². The van der Waals surface area contributed by atoms with Crippen LogP contribution in [0.3, 0.4) is 0 Å². The Hall–Kier alpha value is -2.24. The molecule has 1 aliphatic rings. The SMILES string of the molecule is CN([C@H]1C[C@@H](NC(=O)O)C[C@H]1O)S(=O)(=O)c1ccccc1[N+](=O)[O-]. The fraction of sp³-hybridized carbons (Fsp3) is 0.462. The average molecular weight is 359 g/mol. The van der Waals surface area contributed by atoms with Crippen molar-refractivity contribution in [3.63, 3.8) is 0 Å². The van der Waals surface area contributed by atoms with Gasteiger partial charge in [-0.05, 0) is 18.9 Å². The molecule has 0 radical (unpaired) electrons. The van der Waals surface area contributed by atoms with Gasteiger partial charge in [0.05, 0.1) is 17.1 Å². The van der Waals surface area contributed by atoms with Crippen molar-refractivity contribution in [2.24, 2.45) is 0 Å². The number of aliphatic hydroxyl groups excluding tert-OH is 1. The molecule has 1 aliphatic carbocycles. The zero-order chi connectivity index (χ0) is 18.1. The number of hydrogen-bond acceptors (Lipinski definition) is 6. The van der Waals surface area contributed by atoms with E-state index in [-0.39, 0.29) is 12.8 Å². The number of benzene rings is 1. The smallest absolute Gasteiger partial charge is 0.404 e. The van der Waals surface area contributed by atoms with E-state index in [0.29, 0.717) is 0 Å². The van der Waals surface area contributed by atoms with Crippen LogP contribution in [-0.2, 0) is 10.0 Å². The number of aliphatic hydroxyl groups is 1. The molecule has 0 saturated heterocycles. The Morgan fingerprint density at radius 3 is 2.58 bits per heavy atom. The van der Waals surface area contributed by atoms with Crippen molar-refractivity contribution in [2.75, 3.05) is 7.05 Å². The molecule has 1 amide bonds. The lowest BCUT2D eigenvalue weighted by molar-refractivity contribution is -0.387. The average Bonchev–Trinajstić information content (AvgIpc) is 2.85. The van der Waals surface area contributed by atoms with Crippen molar-refractivity contribution < 1.29 is 28.3 Å². The molecule has 1 aromatic carbocycles. The van der Waals surface area contributed by atoms with E-state index < -0.39 is 49.8 Å². The molecule has 0 aliphatic heterocycles. The topological polar surface area (TPSA) is 150 Å². The maximum absolute atomic E-state index is 12.7. The lowest BCUT2D eigenvalue weighted by atomic mass is 10.2. The Kier molecular flexibility index (Phi) is 5.06. The summed E-state index contributed by atoms with van der Waals surface area (Å²) in [5.74, 6) is 0. The molecular formula is C13H17N3O7S. The molecule has 1 aromatic rings. The second kappa shape index (κ2) is 6.71. The zero-order valence-corrected chi connectivity index (χ0v) is 13.5. The van der Waals surface area contributed by atoms with Crippen LogP contribution in [0.2, 0.25) is 0 Å². The van der Waals surface area contributed by atoms with Gasteiger partial charge in [0.25, 0.3) is 5.69 Å². The number of carboxylic acid groups (broad SMARTS) is 1. The number of nitrogens with zero attached hydrogens (tertiary/aromatic N) is 2. The highest BCUT2D eigenvalue weighted by atomic mass is 32.2. The number of nitrogens with one attached hydrogen (secondary N) is 1. The Bertz CT molecular complexity index is 752. The fourth-order valence-electron chi connectivity index (χ4n) is 2.84. The van der Waals surface area contributed by atoms with Crippen LogP contribution in [0.5, 0.6) is 0 Å². The molecule has 1 fully saturated rings. The summed E-state index contributed by atoms with van der Waals surface area (Å²) in [5, 5.41) is 32.0. The van der Waals surface area contributed by atoms with E-state index in [1.165, 1.54) is 19.2 Å². The van der Waals surface area contributed by atoms with Gasteiger partial charge in [0, 0.05) is 19.2 Å². The lowest BCUT2D eigenvalue weighted by Crippen LogP contribution is -2.42. The van der Waals surface area contributed by atoms with E-state index in [0.717, 1.165) is 16.4 Å². The van der Waals surface area contributed by atoms with Gasteiger partial charge in [-0.1, -0.05) is 12.1 Å². The zero-order valence-electron chi connectivity index (χ0n) is 12.7. The summed E-state index contributed by atoms with van der Waals surface area (Å²) in [6, 6.07) is 3.46. The van der Waals surface area contributed by atoms with Gasteiger partial charge in [0.1, 0.15) is 0 Å². The van der Waals surface area contributed by atoms with Gasteiger partial charge >= 0.3 is 6.09 Å². The Labute approximate surface area is 137 Å². The summed E-state index contributed by atoms with van der Waals surface area (Å²) >= 11 is 0. The third-order valence-electron chi connectivity index (χ3n) is 4.01. The standard InChI is InChI=1S/C13H17N3O7S/c1-15(10-6-8(7-11(10)17)14-13(18)19)24(22,23)12-5-3-2-4-9(12)16(20)21/h2-5,8,10-11,14,17H,6-7H2,1H3,(H,18,19)/t8-,10+,11-/m1/s1. The minimum atomic E-state index is -4.23. The summed E-state index contributed by atoms with van der Waals surface area (Å²) in [5.41, 5.74) is -0.558. The molecule has 0 aromatic heterocycles. The van der Waals surface area contributed by atoms with Gasteiger partial charge in [-0.2, -0.15) is 4.31 Å². The van der Waals surface area contributed by atoms with Crippen LogP contribution >= 0.6 is 0 Å². The van der Waals surface area contributed by atoms with Gasteiger partial charge in [-0.25, -0.2) is 13.2 Å².